The average molecular weight is 416 g/mol. The quantitative estimate of drug-likeness (QED) is 0.601. The van der Waals surface area contributed by atoms with Gasteiger partial charge in [0.2, 0.25) is 11.8 Å². The molecular formula is C23H33N3O4. The summed E-state index contributed by atoms with van der Waals surface area (Å²) < 4.78 is 0. The lowest BCUT2D eigenvalue weighted by Gasteiger charge is -2.28. The lowest BCUT2D eigenvalue weighted by Crippen LogP contribution is -2.48. The summed E-state index contributed by atoms with van der Waals surface area (Å²) in [6, 6.07) is 9.18. The topological polar surface area (TPSA) is 113 Å². The van der Waals surface area contributed by atoms with Crippen LogP contribution in [0, 0.1) is 11.8 Å². The maximum atomic E-state index is 12.8. The molecule has 164 valence electrons. The molecule has 1 aliphatic carbocycles. The van der Waals surface area contributed by atoms with Gasteiger partial charge in [0.15, 0.2) is 0 Å². The minimum Gasteiger partial charge on any atom is -0.481 e. The largest absolute Gasteiger partial charge is 0.481 e. The number of nitrogens with two attached hydrogens (primary N) is 1. The molecule has 7 nitrogen and oxygen atoms in total. The van der Waals surface area contributed by atoms with E-state index in [1.807, 2.05) is 30.3 Å². The molecule has 1 aromatic rings. The van der Waals surface area contributed by atoms with Crippen LogP contribution in [0.4, 0.5) is 0 Å². The standard InChI is InChI=1S/C23H33N3O4/c24-19(13-16-5-2-1-3-6-16)14-21(27)26-12-4-7-20(26)22(28)25-15-17-8-10-18(11-9-17)23(29)30/h1-3,5-6,17-20H,4,7-15,24H2,(H,25,28)(H,29,30)/t17?,18?,19-,20+/m1/s1. The number of likely N-dealkylation sites (tertiary alicyclic amines) is 1. The Labute approximate surface area is 178 Å². The maximum Gasteiger partial charge on any atom is 0.306 e. The number of aliphatic carboxylic acids is 1. The fraction of sp³-hybridized carbons (Fsp3) is 0.609. The molecule has 2 atom stereocenters. The van der Waals surface area contributed by atoms with E-state index in [1.165, 1.54) is 0 Å². The molecule has 0 aromatic heterocycles. The Balaban J connectivity index is 1.44. The fourth-order valence-electron chi connectivity index (χ4n) is 4.64. The van der Waals surface area contributed by atoms with Gasteiger partial charge in [-0.3, -0.25) is 14.4 Å². The van der Waals surface area contributed by atoms with Crippen LogP contribution in [0.3, 0.4) is 0 Å². The summed E-state index contributed by atoms with van der Waals surface area (Å²) >= 11 is 0. The number of rotatable bonds is 8. The summed E-state index contributed by atoms with van der Waals surface area (Å²) in [5.41, 5.74) is 7.30. The van der Waals surface area contributed by atoms with Crippen molar-refractivity contribution in [2.24, 2.45) is 17.6 Å². The first-order valence-corrected chi connectivity index (χ1v) is 11.0. The minimum absolute atomic E-state index is 0.0574. The number of carbonyl (C=O) groups excluding carboxylic acids is 2. The van der Waals surface area contributed by atoms with E-state index < -0.39 is 12.0 Å². The molecule has 1 aliphatic heterocycles. The number of amides is 2. The minimum atomic E-state index is -0.719. The number of carboxylic acids is 1. The number of hydrogen-bond donors (Lipinski definition) is 3. The van der Waals surface area contributed by atoms with E-state index in [0.717, 1.165) is 24.8 Å². The first kappa shape index (κ1) is 22.3. The van der Waals surface area contributed by atoms with Crippen molar-refractivity contribution in [2.75, 3.05) is 13.1 Å². The van der Waals surface area contributed by atoms with Crippen LogP contribution < -0.4 is 11.1 Å². The number of hydrogen-bond acceptors (Lipinski definition) is 4. The van der Waals surface area contributed by atoms with Crippen LogP contribution in [-0.4, -0.2) is 53.0 Å². The van der Waals surface area contributed by atoms with Crippen molar-refractivity contribution in [2.45, 2.75) is 63.5 Å². The second kappa shape index (κ2) is 10.6. The van der Waals surface area contributed by atoms with Crippen molar-refractivity contribution in [1.82, 2.24) is 10.2 Å². The van der Waals surface area contributed by atoms with Crippen LogP contribution in [0.15, 0.2) is 30.3 Å². The van der Waals surface area contributed by atoms with Crippen LogP contribution in [0.1, 0.15) is 50.5 Å². The first-order valence-electron chi connectivity index (χ1n) is 11.0. The van der Waals surface area contributed by atoms with Gasteiger partial charge in [-0.1, -0.05) is 30.3 Å². The molecule has 0 bridgehead atoms. The predicted octanol–water partition coefficient (Wildman–Crippen LogP) is 1.94. The lowest BCUT2D eigenvalue weighted by molar-refractivity contribution is -0.143. The van der Waals surface area contributed by atoms with Gasteiger partial charge in [0.05, 0.1) is 5.92 Å². The molecule has 1 heterocycles. The van der Waals surface area contributed by atoms with Crippen molar-refractivity contribution >= 4 is 17.8 Å². The van der Waals surface area contributed by atoms with Crippen LogP contribution in [-0.2, 0) is 20.8 Å². The van der Waals surface area contributed by atoms with Crippen LogP contribution in [0.2, 0.25) is 0 Å². The predicted molar refractivity (Wildman–Crippen MR) is 114 cm³/mol. The van der Waals surface area contributed by atoms with Crippen LogP contribution in [0.25, 0.3) is 0 Å². The number of carbonyl (C=O) groups is 3. The van der Waals surface area contributed by atoms with Crippen LogP contribution >= 0.6 is 0 Å². The molecule has 1 saturated carbocycles. The van der Waals surface area contributed by atoms with Gasteiger partial charge in [-0.05, 0) is 56.4 Å². The van der Waals surface area contributed by atoms with E-state index in [9.17, 15) is 14.4 Å². The van der Waals surface area contributed by atoms with E-state index in [2.05, 4.69) is 5.32 Å². The van der Waals surface area contributed by atoms with Gasteiger partial charge in [0, 0.05) is 25.6 Å². The number of nitrogens with zero attached hydrogens (tertiary/aromatic N) is 1. The van der Waals surface area contributed by atoms with E-state index in [0.29, 0.717) is 44.7 Å². The highest BCUT2D eigenvalue weighted by Crippen LogP contribution is 2.28. The van der Waals surface area contributed by atoms with Gasteiger partial charge in [-0.25, -0.2) is 0 Å². The SMILES string of the molecule is N[C@@H](CC(=O)N1CCC[C@H]1C(=O)NCC1CCC(C(=O)O)CC1)Cc1ccccc1. The molecule has 0 radical (unpaired) electrons. The van der Waals surface area contributed by atoms with Gasteiger partial charge >= 0.3 is 5.97 Å². The zero-order valence-electron chi connectivity index (χ0n) is 17.5. The van der Waals surface area contributed by atoms with Gasteiger partial charge in [0.25, 0.3) is 0 Å². The third-order valence-corrected chi connectivity index (χ3v) is 6.41. The fourth-order valence-corrected chi connectivity index (χ4v) is 4.64. The first-order chi connectivity index (χ1) is 14.4. The molecule has 2 fully saturated rings. The summed E-state index contributed by atoms with van der Waals surface area (Å²) in [4.78, 5) is 38.2. The summed E-state index contributed by atoms with van der Waals surface area (Å²) in [5.74, 6) is -0.812. The van der Waals surface area contributed by atoms with E-state index >= 15 is 0 Å². The number of carboxylic acid groups (broad SMARTS) is 1. The molecule has 0 spiro atoms. The smallest absolute Gasteiger partial charge is 0.306 e. The molecule has 4 N–H and O–H groups in total. The molecular weight excluding hydrogens is 382 g/mol. The Bertz CT molecular complexity index is 731. The normalized spacial score (nSPS) is 25.0. The molecule has 1 saturated heterocycles. The van der Waals surface area contributed by atoms with Crippen molar-refractivity contribution < 1.29 is 19.5 Å². The Hall–Kier alpha value is -2.41. The highest BCUT2D eigenvalue weighted by molar-refractivity contribution is 5.88. The van der Waals surface area contributed by atoms with Crippen LogP contribution in [0.5, 0.6) is 0 Å². The van der Waals surface area contributed by atoms with E-state index in [-0.39, 0.29) is 30.2 Å². The Morgan fingerprint density at radius 3 is 2.47 bits per heavy atom. The molecule has 2 amide bonds. The monoisotopic (exact) mass is 415 g/mol. The van der Waals surface area contributed by atoms with Gasteiger partial charge in [-0.15, -0.1) is 0 Å². The number of nitrogens with one attached hydrogen (secondary N) is 1. The Morgan fingerprint density at radius 2 is 1.80 bits per heavy atom. The van der Waals surface area contributed by atoms with Crippen molar-refractivity contribution in [1.29, 1.82) is 0 Å². The van der Waals surface area contributed by atoms with Crippen molar-refractivity contribution in [3.8, 4) is 0 Å². The van der Waals surface area contributed by atoms with Gasteiger partial charge in [-0.2, -0.15) is 0 Å². The zero-order valence-corrected chi connectivity index (χ0v) is 17.5. The van der Waals surface area contributed by atoms with E-state index in [1.54, 1.807) is 4.90 Å². The summed E-state index contributed by atoms with van der Waals surface area (Å²) in [5, 5.41) is 12.1. The second-order valence-corrected chi connectivity index (χ2v) is 8.70. The number of benzene rings is 1. The summed E-state index contributed by atoms with van der Waals surface area (Å²) in [7, 11) is 0. The molecule has 1 aromatic carbocycles. The highest BCUT2D eigenvalue weighted by Gasteiger charge is 2.35. The lowest BCUT2D eigenvalue weighted by atomic mass is 9.82. The average Bonchev–Trinajstić information content (AvgIpc) is 3.23. The Kier molecular flexibility index (Phi) is 7.85. The third kappa shape index (κ3) is 6.05. The second-order valence-electron chi connectivity index (χ2n) is 8.70. The van der Waals surface area contributed by atoms with Crippen molar-refractivity contribution in [3.63, 3.8) is 0 Å². The molecule has 3 rings (SSSR count). The zero-order chi connectivity index (χ0) is 21.5. The summed E-state index contributed by atoms with van der Waals surface area (Å²) in [6.07, 6.45) is 5.34. The highest BCUT2D eigenvalue weighted by atomic mass is 16.4. The van der Waals surface area contributed by atoms with E-state index in [4.69, 9.17) is 10.8 Å². The molecule has 2 aliphatic rings. The maximum absolute atomic E-state index is 12.8. The van der Waals surface area contributed by atoms with Gasteiger partial charge < -0.3 is 21.1 Å². The molecule has 30 heavy (non-hydrogen) atoms. The Morgan fingerprint density at radius 1 is 1.10 bits per heavy atom. The van der Waals surface area contributed by atoms with Gasteiger partial charge in [0.1, 0.15) is 6.04 Å². The third-order valence-electron chi connectivity index (χ3n) is 6.41. The summed E-state index contributed by atoms with van der Waals surface area (Å²) in [6.45, 7) is 1.15. The molecule has 0 unspecified atom stereocenters. The van der Waals surface area contributed by atoms with Crippen molar-refractivity contribution in [3.05, 3.63) is 35.9 Å². The molecule has 7 heteroatoms.